The molecule has 1 N–H and O–H groups in total. The minimum Gasteiger partial charge on any atom is -0.377 e. The molecule has 0 saturated carbocycles. The molecule has 94 valence electrons. The molecule has 2 aromatic rings. The summed E-state index contributed by atoms with van der Waals surface area (Å²) in [5.74, 6) is 0.0518. The Kier molecular flexibility index (Phi) is 3.91. The fourth-order valence-electron chi connectivity index (χ4n) is 1.29. The van der Waals surface area contributed by atoms with Crippen molar-refractivity contribution in [3.8, 4) is 0 Å². The van der Waals surface area contributed by atoms with Gasteiger partial charge in [-0.1, -0.05) is 16.8 Å². The summed E-state index contributed by atoms with van der Waals surface area (Å²) in [5.41, 5.74) is 0.572. The van der Waals surface area contributed by atoms with Crippen molar-refractivity contribution in [1.29, 1.82) is 0 Å². The molecular weight excluding hydrogens is 258 g/mol. The third kappa shape index (κ3) is 2.85. The molecule has 7 heteroatoms. The molecule has 0 aliphatic heterocycles. The second-order valence-corrected chi connectivity index (χ2v) is 3.83. The highest BCUT2D eigenvalue weighted by molar-refractivity contribution is 6.33. The predicted octanol–water partition coefficient (Wildman–Crippen LogP) is 2.12. The van der Waals surface area contributed by atoms with Crippen molar-refractivity contribution in [1.82, 2.24) is 10.1 Å². The Morgan fingerprint density at radius 2 is 2.44 bits per heavy atom. The number of nitrogens with one attached hydrogen (secondary N) is 1. The van der Waals surface area contributed by atoms with Crippen molar-refractivity contribution in [2.45, 2.75) is 6.61 Å². The molecule has 0 spiro atoms. The molecule has 2 heterocycles. The van der Waals surface area contributed by atoms with Crippen molar-refractivity contribution >= 4 is 23.2 Å². The summed E-state index contributed by atoms with van der Waals surface area (Å²) in [5, 5.41) is 6.62. The summed E-state index contributed by atoms with van der Waals surface area (Å²) < 4.78 is 9.77. The van der Waals surface area contributed by atoms with Crippen LogP contribution in [-0.4, -0.2) is 23.2 Å². The van der Waals surface area contributed by atoms with Crippen LogP contribution in [0, 0.1) is 0 Å². The van der Waals surface area contributed by atoms with Gasteiger partial charge in [-0.25, -0.2) is 0 Å². The van der Waals surface area contributed by atoms with Gasteiger partial charge in [-0.05, 0) is 6.07 Å². The SMILES string of the molecule is COCc1cc(C(=O)Nc2cnccc2Cl)no1. The van der Waals surface area contributed by atoms with Crippen LogP contribution in [0.2, 0.25) is 5.02 Å². The van der Waals surface area contributed by atoms with E-state index in [2.05, 4.69) is 15.5 Å². The lowest BCUT2D eigenvalue weighted by Crippen LogP contribution is -2.12. The minimum atomic E-state index is -0.420. The zero-order valence-corrected chi connectivity index (χ0v) is 10.3. The Labute approximate surface area is 108 Å². The Bertz CT molecular complexity index is 556. The van der Waals surface area contributed by atoms with Crippen molar-refractivity contribution < 1.29 is 14.1 Å². The van der Waals surface area contributed by atoms with Crippen LogP contribution in [0.3, 0.4) is 0 Å². The maximum absolute atomic E-state index is 11.8. The summed E-state index contributed by atoms with van der Waals surface area (Å²) in [7, 11) is 1.53. The molecule has 1 amide bonds. The van der Waals surface area contributed by atoms with Crippen LogP contribution in [0.1, 0.15) is 16.2 Å². The van der Waals surface area contributed by atoms with Gasteiger partial charge in [0, 0.05) is 19.4 Å². The first-order valence-corrected chi connectivity index (χ1v) is 5.44. The lowest BCUT2D eigenvalue weighted by molar-refractivity contribution is 0.101. The third-order valence-corrected chi connectivity index (χ3v) is 2.42. The van der Waals surface area contributed by atoms with Crippen LogP contribution in [-0.2, 0) is 11.3 Å². The number of amides is 1. The first kappa shape index (κ1) is 12.5. The van der Waals surface area contributed by atoms with Crippen LogP contribution < -0.4 is 5.32 Å². The van der Waals surface area contributed by atoms with E-state index in [9.17, 15) is 4.79 Å². The monoisotopic (exact) mass is 267 g/mol. The molecule has 0 unspecified atom stereocenters. The molecule has 0 aliphatic carbocycles. The van der Waals surface area contributed by atoms with Gasteiger partial charge in [-0.3, -0.25) is 9.78 Å². The molecule has 0 bridgehead atoms. The number of anilines is 1. The molecule has 0 atom stereocenters. The van der Waals surface area contributed by atoms with Crippen molar-refractivity contribution in [2.24, 2.45) is 0 Å². The number of hydrogen-bond acceptors (Lipinski definition) is 5. The summed E-state index contributed by atoms with van der Waals surface area (Å²) in [4.78, 5) is 15.7. The van der Waals surface area contributed by atoms with Crippen LogP contribution in [0.4, 0.5) is 5.69 Å². The first-order valence-electron chi connectivity index (χ1n) is 5.06. The number of pyridine rings is 1. The second kappa shape index (κ2) is 5.61. The zero-order valence-electron chi connectivity index (χ0n) is 9.51. The van der Waals surface area contributed by atoms with Crippen molar-refractivity contribution in [3.05, 3.63) is 41.0 Å². The number of aromatic nitrogens is 2. The van der Waals surface area contributed by atoms with E-state index in [0.29, 0.717) is 16.5 Å². The standard InChI is InChI=1S/C11H10ClN3O3/c1-17-6-7-4-9(15-18-7)11(16)14-10-5-13-3-2-8(10)12/h2-5H,6H2,1H3,(H,14,16). The van der Waals surface area contributed by atoms with E-state index in [1.807, 2.05) is 0 Å². The van der Waals surface area contributed by atoms with Gasteiger partial charge < -0.3 is 14.6 Å². The summed E-state index contributed by atoms with van der Waals surface area (Å²) in [6, 6.07) is 3.08. The van der Waals surface area contributed by atoms with E-state index in [1.54, 1.807) is 6.07 Å². The van der Waals surface area contributed by atoms with Gasteiger partial charge in [0.25, 0.3) is 5.91 Å². The highest BCUT2D eigenvalue weighted by Gasteiger charge is 2.13. The second-order valence-electron chi connectivity index (χ2n) is 3.42. The Morgan fingerprint density at radius 1 is 1.61 bits per heavy atom. The number of nitrogens with zero attached hydrogens (tertiary/aromatic N) is 2. The average molecular weight is 268 g/mol. The molecule has 0 radical (unpaired) electrons. The van der Waals surface area contributed by atoms with Gasteiger partial charge in [-0.2, -0.15) is 0 Å². The van der Waals surface area contributed by atoms with E-state index in [0.717, 1.165) is 0 Å². The third-order valence-electron chi connectivity index (χ3n) is 2.09. The van der Waals surface area contributed by atoms with Crippen LogP contribution in [0.25, 0.3) is 0 Å². The van der Waals surface area contributed by atoms with Gasteiger partial charge in [0.15, 0.2) is 11.5 Å². The topological polar surface area (TPSA) is 77.2 Å². The van der Waals surface area contributed by atoms with Crippen molar-refractivity contribution in [2.75, 3.05) is 12.4 Å². The van der Waals surface area contributed by atoms with Gasteiger partial charge in [0.05, 0.1) is 16.9 Å². The van der Waals surface area contributed by atoms with E-state index in [1.165, 1.54) is 25.6 Å². The summed E-state index contributed by atoms with van der Waals surface area (Å²) in [6.07, 6.45) is 2.99. The maximum atomic E-state index is 11.8. The molecule has 18 heavy (non-hydrogen) atoms. The normalized spacial score (nSPS) is 10.3. The largest absolute Gasteiger partial charge is 0.377 e. The molecular formula is C11H10ClN3O3. The molecule has 6 nitrogen and oxygen atoms in total. The maximum Gasteiger partial charge on any atom is 0.277 e. The summed E-state index contributed by atoms with van der Waals surface area (Å²) in [6.45, 7) is 0.258. The van der Waals surface area contributed by atoms with E-state index >= 15 is 0 Å². The van der Waals surface area contributed by atoms with Gasteiger partial charge in [-0.15, -0.1) is 0 Å². The number of ether oxygens (including phenoxy) is 1. The molecule has 0 fully saturated rings. The Balaban J connectivity index is 2.10. The number of carbonyl (C=O) groups is 1. The minimum absolute atomic E-state index is 0.155. The van der Waals surface area contributed by atoms with Gasteiger partial charge in [0.1, 0.15) is 6.61 Å². The molecule has 0 aromatic carbocycles. The zero-order chi connectivity index (χ0) is 13.0. The van der Waals surface area contributed by atoms with E-state index < -0.39 is 5.91 Å². The number of halogens is 1. The highest BCUT2D eigenvalue weighted by atomic mass is 35.5. The lowest BCUT2D eigenvalue weighted by atomic mass is 10.3. The number of hydrogen-bond donors (Lipinski definition) is 1. The number of carbonyl (C=O) groups excluding carboxylic acids is 1. The van der Waals surface area contributed by atoms with Crippen LogP contribution in [0.5, 0.6) is 0 Å². The highest BCUT2D eigenvalue weighted by Crippen LogP contribution is 2.19. The van der Waals surface area contributed by atoms with Gasteiger partial charge >= 0.3 is 0 Å². The molecule has 2 rings (SSSR count). The summed E-state index contributed by atoms with van der Waals surface area (Å²) >= 11 is 5.89. The molecule has 0 aliphatic rings. The van der Waals surface area contributed by atoms with E-state index in [-0.39, 0.29) is 12.3 Å². The quantitative estimate of drug-likeness (QED) is 0.918. The lowest BCUT2D eigenvalue weighted by Gasteiger charge is -2.03. The van der Waals surface area contributed by atoms with Crippen LogP contribution >= 0.6 is 11.6 Å². The number of methoxy groups -OCH3 is 1. The molecule has 2 aromatic heterocycles. The van der Waals surface area contributed by atoms with Crippen LogP contribution in [0.15, 0.2) is 29.0 Å². The smallest absolute Gasteiger partial charge is 0.277 e. The van der Waals surface area contributed by atoms with Crippen molar-refractivity contribution in [3.63, 3.8) is 0 Å². The van der Waals surface area contributed by atoms with E-state index in [4.69, 9.17) is 20.9 Å². The number of rotatable bonds is 4. The predicted molar refractivity (Wildman–Crippen MR) is 64.4 cm³/mol. The Hall–Kier alpha value is -1.92. The first-order chi connectivity index (χ1) is 8.70. The fraction of sp³-hybridized carbons (Fsp3) is 0.182. The molecule has 0 saturated heterocycles. The fourth-order valence-corrected chi connectivity index (χ4v) is 1.44. The Morgan fingerprint density at radius 3 is 3.17 bits per heavy atom. The average Bonchev–Trinajstić information content (AvgIpc) is 2.81. The van der Waals surface area contributed by atoms with Gasteiger partial charge in [0.2, 0.25) is 0 Å².